The van der Waals surface area contributed by atoms with E-state index in [1.54, 1.807) is 0 Å². The molecule has 1 atom stereocenters. The normalized spacial score (nSPS) is 15.1. The summed E-state index contributed by atoms with van der Waals surface area (Å²) in [7, 11) is 2.20. The van der Waals surface area contributed by atoms with Crippen LogP contribution in [0.3, 0.4) is 0 Å². The molecule has 78 valence electrons. The van der Waals surface area contributed by atoms with Crippen molar-refractivity contribution in [2.75, 3.05) is 13.6 Å². The Morgan fingerprint density at radius 2 is 1.92 bits per heavy atom. The van der Waals surface area contributed by atoms with Gasteiger partial charge in [0.25, 0.3) is 0 Å². The van der Waals surface area contributed by atoms with Crippen LogP contribution in [0, 0.1) is 0 Å². The summed E-state index contributed by atoms with van der Waals surface area (Å²) in [4.78, 5) is 2.40. The Balaban J connectivity index is 3.95. The van der Waals surface area contributed by atoms with E-state index in [1.165, 1.54) is 31.4 Å². The van der Waals surface area contributed by atoms with Crippen molar-refractivity contribution < 1.29 is 0 Å². The van der Waals surface area contributed by atoms with Gasteiger partial charge in [-0.2, -0.15) is 0 Å². The van der Waals surface area contributed by atoms with Gasteiger partial charge < -0.3 is 4.90 Å². The van der Waals surface area contributed by atoms with Crippen LogP contribution in [-0.2, 0) is 0 Å². The molecular formula is C12H25N. The third-order valence-electron chi connectivity index (χ3n) is 2.44. The standard InChI is InChI=1S/C12H25N/c1-6-8-11(3)10-12(4)13(5)9-7-2/h10,12H,6-9H2,1-5H3. The van der Waals surface area contributed by atoms with Crippen molar-refractivity contribution in [3.05, 3.63) is 11.6 Å². The Hall–Kier alpha value is -0.300. The quantitative estimate of drug-likeness (QED) is 0.570. The van der Waals surface area contributed by atoms with E-state index in [1.807, 2.05) is 0 Å². The largest absolute Gasteiger partial charge is 0.300 e. The lowest BCUT2D eigenvalue weighted by molar-refractivity contribution is 0.296. The van der Waals surface area contributed by atoms with Crippen LogP contribution in [0.2, 0.25) is 0 Å². The van der Waals surface area contributed by atoms with Crippen LogP contribution >= 0.6 is 0 Å². The Kier molecular flexibility index (Phi) is 6.97. The summed E-state index contributed by atoms with van der Waals surface area (Å²) in [6, 6.07) is 0.589. The highest BCUT2D eigenvalue weighted by atomic mass is 15.1. The number of hydrogen-bond donors (Lipinski definition) is 0. The molecule has 1 heteroatoms. The fourth-order valence-corrected chi connectivity index (χ4v) is 1.57. The van der Waals surface area contributed by atoms with Gasteiger partial charge >= 0.3 is 0 Å². The van der Waals surface area contributed by atoms with Crippen molar-refractivity contribution in [1.82, 2.24) is 4.90 Å². The van der Waals surface area contributed by atoms with Gasteiger partial charge in [-0.1, -0.05) is 31.9 Å². The van der Waals surface area contributed by atoms with Gasteiger partial charge in [0.15, 0.2) is 0 Å². The number of likely N-dealkylation sites (N-methyl/N-ethyl adjacent to an activating group) is 1. The van der Waals surface area contributed by atoms with Gasteiger partial charge in [-0.15, -0.1) is 0 Å². The van der Waals surface area contributed by atoms with Gasteiger partial charge in [0.2, 0.25) is 0 Å². The predicted molar refractivity (Wildman–Crippen MR) is 61.0 cm³/mol. The van der Waals surface area contributed by atoms with E-state index in [0.29, 0.717) is 6.04 Å². The highest BCUT2D eigenvalue weighted by Gasteiger charge is 2.04. The van der Waals surface area contributed by atoms with Gasteiger partial charge in [0.1, 0.15) is 0 Å². The molecule has 0 radical (unpaired) electrons. The van der Waals surface area contributed by atoms with Crippen LogP contribution in [-0.4, -0.2) is 24.5 Å². The van der Waals surface area contributed by atoms with E-state index in [-0.39, 0.29) is 0 Å². The Morgan fingerprint density at radius 3 is 2.38 bits per heavy atom. The summed E-state index contributed by atoms with van der Waals surface area (Å²) in [5, 5.41) is 0. The highest BCUT2D eigenvalue weighted by Crippen LogP contribution is 2.07. The molecular weight excluding hydrogens is 158 g/mol. The van der Waals surface area contributed by atoms with Crippen molar-refractivity contribution in [3.8, 4) is 0 Å². The number of nitrogens with zero attached hydrogens (tertiary/aromatic N) is 1. The van der Waals surface area contributed by atoms with Gasteiger partial charge in [-0.3, -0.25) is 0 Å². The van der Waals surface area contributed by atoms with Gasteiger partial charge in [-0.25, -0.2) is 0 Å². The first-order valence-corrected chi connectivity index (χ1v) is 5.49. The van der Waals surface area contributed by atoms with E-state index in [4.69, 9.17) is 0 Å². The van der Waals surface area contributed by atoms with Crippen molar-refractivity contribution in [2.24, 2.45) is 0 Å². The molecule has 0 saturated heterocycles. The maximum atomic E-state index is 2.40. The SMILES string of the molecule is CCCC(C)=CC(C)N(C)CCC. The molecule has 0 fully saturated rings. The molecule has 0 aromatic carbocycles. The Labute approximate surface area is 83.8 Å². The van der Waals surface area contributed by atoms with Gasteiger partial charge in [0, 0.05) is 6.04 Å². The monoisotopic (exact) mass is 183 g/mol. The van der Waals surface area contributed by atoms with E-state index in [9.17, 15) is 0 Å². The zero-order valence-corrected chi connectivity index (χ0v) is 9.93. The lowest BCUT2D eigenvalue weighted by Gasteiger charge is -2.21. The van der Waals surface area contributed by atoms with E-state index >= 15 is 0 Å². The zero-order valence-electron chi connectivity index (χ0n) is 9.93. The predicted octanol–water partition coefficient (Wildman–Crippen LogP) is 3.46. The molecule has 0 N–H and O–H groups in total. The van der Waals surface area contributed by atoms with Crippen LogP contribution in [0.1, 0.15) is 47.0 Å². The third kappa shape index (κ3) is 5.87. The van der Waals surface area contributed by atoms with Crippen LogP contribution in [0.15, 0.2) is 11.6 Å². The summed E-state index contributed by atoms with van der Waals surface area (Å²) < 4.78 is 0. The van der Waals surface area contributed by atoms with E-state index in [2.05, 4.69) is 45.7 Å². The lowest BCUT2D eigenvalue weighted by atomic mass is 10.1. The second-order valence-electron chi connectivity index (χ2n) is 3.98. The molecule has 13 heavy (non-hydrogen) atoms. The maximum Gasteiger partial charge on any atom is 0.0249 e. The first kappa shape index (κ1) is 12.7. The fourth-order valence-electron chi connectivity index (χ4n) is 1.57. The second kappa shape index (κ2) is 7.14. The fraction of sp³-hybridized carbons (Fsp3) is 0.833. The average Bonchev–Trinajstić information content (AvgIpc) is 2.05. The minimum atomic E-state index is 0.589. The van der Waals surface area contributed by atoms with Crippen LogP contribution in [0.25, 0.3) is 0 Å². The molecule has 0 amide bonds. The molecule has 0 saturated carbocycles. The Bertz CT molecular complexity index is 149. The summed E-state index contributed by atoms with van der Waals surface area (Å²) in [5.41, 5.74) is 1.53. The Morgan fingerprint density at radius 1 is 1.31 bits per heavy atom. The van der Waals surface area contributed by atoms with Crippen LogP contribution < -0.4 is 0 Å². The van der Waals surface area contributed by atoms with Gasteiger partial charge in [0.05, 0.1) is 0 Å². The first-order valence-electron chi connectivity index (χ1n) is 5.49. The topological polar surface area (TPSA) is 3.24 Å². The van der Waals surface area contributed by atoms with Crippen molar-refractivity contribution in [3.63, 3.8) is 0 Å². The number of hydrogen-bond acceptors (Lipinski definition) is 1. The molecule has 0 aliphatic carbocycles. The van der Waals surface area contributed by atoms with Gasteiger partial charge in [-0.05, 0) is 40.3 Å². The average molecular weight is 183 g/mol. The van der Waals surface area contributed by atoms with Crippen molar-refractivity contribution in [1.29, 1.82) is 0 Å². The molecule has 0 spiro atoms. The minimum absolute atomic E-state index is 0.589. The lowest BCUT2D eigenvalue weighted by Crippen LogP contribution is -2.28. The number of allylic oxidation sites excluding steroid dienone is 1. The first-order chi connectivity index (χ1) is 6.11. The molecule has 1 nitrogen and oxygen atoms in total. The molecule has 0 rings (SSSR count). The van der Waals surface area contributed by atoms with Crippen LogP contribution in [0.5, 0.6) is 0 Å². The van der Waals surface area contributed by atoms with Crippen LogP contribution in [0.4, 0.5) is 0 Å². The highest BCUT2D eigenvalue weighted by molar-refractivity contribution is 5.02. The maximum absolute atomic E-state index is 2.40. The zero-order chi connectivity index (χ0) is 10.3. The molecule has 0 aromatic rings. The molecule has 1 unspecified atom stereocenters. The van der Waals surface area contributed by atoms with Crippen molar-refractivity contribution in [2.45, 2.75) is 53.0 Å². The third-order valence-corrected chi connectivity index (χ3v) is 2.44. The summed E-state index contributed by atoms with van der Waals surface area (Å²) in [5.74, 6) is 0. The molecule has 0 aliphatic heterocycles. The summed E-state index contributed by atoms with van der Waals surface area (Å²) >= 11 is 0. The molecule has 0 aromatic heterocycles. The minimum Gasteiger partial charge on any atom is -0.300 e. The molecule has 0 bridgehead atoms. The molecule has 0 heterocycles. The summed E-state index contributed by atoms with van der Waals surface area (Å²) in [6.07, 6.45) is 6.12. The number of rotatable bonds is 6. The second-order valence-corrected chi connectivity index (χ2v) is 3.98. The van der Waals surface area contributed by atoms with E-state index in [0.717, 1.165) is 0 Å². The molecule has 0 aliphatic rings. The van der Waals surface area contributed by atoms with Crippen molar-refractivity contribution >= 4 is 0 Å². The van der Waals surface area contributed by atoms with E-state index < -0.39 is 0 Å². The summed E-state index contributed by atoms with van der Waals surface area (Å²) in [6.45, 7) is 10.2. The smallest absolute Gasteiger partial charge is 0.0249 e.